The number of likely N-dealkylation sites (tertiary alicyclic amines) is 1. The topological polar surface area (TPSA) is 65.1 Å². The fourth-order valence-electron chi connectivity index (χ4n) is 3.61. The van der Waals surface area contributed by atoms with Gasteiger partial charge in [0.05, 0.1) is 6.61 Å². The molecule has 2 aliphatic heterocycles. The number of carbonyl (C=O) groups excluding carboxylic acids is 2. The van der Waals surface area contributed by atoms with E-state index in [0.717, 1.165) is 12.0 Å². The van der Waals surface area contributed by atoms with Crippen molar-refractivity contribution >= 4 is 12.1 Å². The van der Waals surface area contributed by atoms with E-state index in [4.69, 9.17) is 14.2 Å². The van der Waals surface area contributed by atoms with Gasteiger partial charge in [-0.05, 0) is 38.7 Å². The fraction of sp³-hybridized carbons (Fsp3) is 0.600. The van der Waals surface area contributed by atoms with Crippen LogP contribution < -0.4 is 0 Å². The highest BCUT2D eigenvalue weighted by Crippen LogP contribution is 2.43. The standard InChI is InChI=1S/C20H27NO5/c1-19(2,3)26-17(22)20-13-21(11-16(20)9-10-24-14-20)18(23)25-12-15-7-5-4-6-8-15/h4-8,16H,9-14H2,1-3H3/t16-,20+/m1/s1. The summed E-state index contributed by atoms with van der Waals surface area (Å²) in [6, 6.07) is 9.55. The Hall–Kier alpha value is -2.08. The first-order valence-electron chi connectivity index (χ1n) is 9.07. The highest BCUT2D eigenvalue weighted by Gasteiger charge is 2.56. The maximum atomic E-state index is 12.9. The first kappa shape index (κ1) is 18.7. The Labute approximate surface area is 154 Å². The number of hydrogen-bond acceptors (Lipinski definition) is 5. The summed E-state index contributed by atoms with van der Waals surface area (Å²) in [5.41, 5.74) is -0.436. The predicted molar refractivity (Wildman–Crippen MR) is 95.4 cm³/mol. The summed E-state index contributed by atoms with van der Waals surface area (Å²) in [4.78, 5) is 27.0. The lowest BCUT2D eigenvalue weighted by Gasteiger charge is -2.37. The van der Waals surface area contributed by atoms with Gasteiger partial charge in [-0.15, -0.1) is 0 Å². The lowest BCUT2D eigenvalue weighted by molar-refractivity contribution is -0.178. The zero-order chi connectivity index (χ0) is 18.8. The molecule has 0 radical (unpaired) electrons. The number of ether oxygens (including phenoxy) is 3. The van der Waals surface area contributed by atoms with Crippen molar-refractivity contribution in [2.24, 2.45) is 11.3 Å². The molecule has 2 saturated heterocycles. The minimum absolute atomic E-state index is 0.0374. The van der Waals surface area contributed by atoms with E-state index in [1.54, 1.807) is 4.90 Å². The lowest BCUT2D eigenvalue weighted by Crippen LogP contribution is -2.49. The molecule has 0 aliphatic carbocycles. The van der Waals surface area contributed by atoms with E-state index in [-0.39, 0.29) is 31.6 Å². The molecule has 1 aromatic carbocycles. The Morgan fingerprint density at radius 2 is 2.00 bits per heavy atom. The molecule has 0 bridgehead atoms. The molecule has 0 N–H and O–H groups in total. The second-order valence-corrected chi connectivity index (χ2v) is 8.12. The molecule has 1 aromatic rings. The molecule has 26 heavy (non-hydrogen) atoms. The van der Waals surface area contributed by atoms with E-state index < -0.39 is 17.1 Å². The van der Waals surface area contributed by atoms with Crippen molar-refractivity contribution in [3.63, 3.8) is 0 Å². The van der Waals surface area contributed by atoms with Crippen LogP contribution in [0.15, 0.2) is 30.3 Å². The van der Waals surface area contributed by atoms with Gasteiger partial charge in [-0.3, -0.25) is 4.79 Å². The van der Waals surface area contributed by atoms with E-state index in [1.165, 1.54) is 0 Å². The average Bonchev–Trinajstić information content (AvgIpc) is 3.00. The van der Waals surface area contributed by atoms with Crippen molar-refractivity contribution in [3.05, 3.63) is 35.9 Å². The number of carbonyl (C=O) groups is 2. The van der Waals surface area contributed by atoms with E-state index in [1.807, 2.05) is 51.1 Å². The Balaban J connectivity index is 1.67. The van der Waals surface area contributed by atoms with E-state index in [0.29, 0.717) is 13.2 Å². The number of rotatable bonds is 3. The van der Waals surface area contributed by atoms with Crippen molar-refractivity contribution in [2.45, 2.75) is 39.4 Å². The summed E-state index contributed by atoms with van der Waals surface area (Å²) in [5, 5.41) is 0. The van der Waals surface area contributed by atoms with Gasteiger partial charge < -0.3 is 19.1 Å². The largest absolute Gasteiger partial charge is 0.459 e. The van der Waals surface area contributed by atoms with Crippen LogP contribution in [0.25, 0.3) is 0 Å². The van der Waals surface area contributed by atoms with Crippen LogP contribution in [0.1, 0.15) is 32.8 Å². The van der Waals surface area contributed by atoms with Crippen molar-refractivity contribution in [2.75, 3.05) is 26.3 Å². The first-order valence-corrected chi connectivity index (χ1v) is 9.07. The molecule has 0 spiro atoms. The third-order valence-electron chi connectivity index (χ3n) is 4.93. The second kappa shape index (κ2) is 7.27. The zero-order valence-corrected chi connectivity index (χ0v) is 15.7. The van der Waals surface area contributed by atoms with Crippen LogP contribution in [-0.2, 0) is 25.6 Å². The molecular formula is C20H27NO5. The number of fused-ring (bicyclic) bond motifs is 1. The minimum Gasteiger partial charge on any atom is -0.459 e. The first-order chi connectivity index (χ1) is 12.3. The molecule has 1 amide bonds. The molecule has 2 fully saturated rings. The minimum atomic E-state index is -0.794. The third kappa shape index (κ3) is 4.01. The van der Waals surface area contributed by atoms with Crippen LogP contribution >= 0.6 is 0 Å². The molecule has 2 aliphatic rings. The number of amides is 1. The molecule has 2 atom stereocenters. The quantitative estimate of drug-likeness (QED) is 0.775. The van der Waals surface area contributed by atoms with Gasteiger partial charge in [-0.25, -0.2) is 4.79 Å². The number of nitrogens with zero attached hydrogens (tertiary/aromatic N) is 1. The number of hydrogen-bond donors (Lipinski definition) is 0. The summed E-state index contributed by atoms with van der Waals surface area (Å²) < 4.78 is 16.7. The molecule has 6 nitrogen and oxygen atoms in total. The second-order valence-electron chi connectivity index (χ2n) is 8.12. The van der Waals surface area contributed by atoms with Crippen molar-refractivity contribution in [3.8, 4) is 0 Å². The molecule has 142 valence electrons. The maximum absolute atomic E-state index is 12.9. The van der Waals surface area contributed by atoms with Gasteiger partial charge >= 0.3 is 12.1 Å². The molecule has 0 saturated carbocycles. The average molecular weight is 361 g/mol. The molecule has 6 heteroatoms. The smallest absolute Gasteiger partial charge is 0.410 e. The molecule has 0 unspecified atom stereocenters. The fourth-order valence-corrected chi connectivity index (χ4v) is 3.61. The maximum Gasteiger partial charge on any atom is 0.410 e. The van der Waals surface area contributed by atoms with Gasteiger partial charge in [-0.2, -0.15) is 0 Å². The monoisotopic (exact) mass is 361 g/mol. The van der Waals surface area contributed by atoms with Gasteiger partial charge in [0, 0.05) is 19.7 Å². The number of benzene rings is 1. The van der Waals surface area contributed by atoms with Gasteiger partial charge in [0.25, 0.3) is 0 Å². The van der Waals surface area contributed by atoms with Crippen LogP contribution in [0.3, 0.4) is 0 Å². The summed E-state index contributed by atoms with van der Waals surface area (Å²) >= 11 is 0. The Morgan fingerprint density at radius 3 is 2.69 bits per heavy atom. The lowest BCUT2D eigenvalue weighted by atomic mass is 9.75. The van der Waals surface area contributed by atoms with Gasteiger partial charge in [0.2, 0.25) is 0 Å². The Kier molecular flexibility index (Phi) is 5.23. The number of esters is 1. The van der Waals surface area contributed by atoms with Crippen molar-refractivity contribution in [1.29, 1.82) is 0 Å². The summed E-state index contributed by atoms with van der Waals surface area (Å²) in [6.45, 7) is 7.42. The molecule has 3 rings (SSSR count). The van der Waals surface area contributed by atoms with Crippen LogP contribution in [0, 0.1) is 11.3 Å². The molecule has 2 heterocycles. The highest BCUT2D eigenvalue weighted by atomic mass is 16.6. The molecule has 0 aromatic heterocycles. The highest BCUT2D eigenvalue weighted by molar-refractivity contribution is 5.80. The Morgan fingerprint density at radius 1 is 1.27 bits per heavy atom. The van der Waals surface area contributed by atoms with E-state index in [2.05, 4.69) is 0 Å². The van der Waals surface area contributed by atoms with E-state index >= 15 is 0 Å². The van der Waals surface area contributed by atoms with Crippen molar-refractivity contribution < 1.29 is 23.8 Å². The molecular weight excluding hydrogens is 334 g/mol. The van der Waals surface area contributed by atoms with Crippen LogP contribution in [-0.4, -0.2) is 48.9 Å². The van der Waals surface area contributed by atoms with Gasteiger partial charge in [-0.1, -0.05) is 30.3 Å². The van der Waals surface area contributed by atoms with Crippen LogP contribution in [0.5, 0.6) is 0 Å². The normalized spacial score (nSPS) is 25.5. The summed E-state index contributed by atoms with van der Waals surface area (Å²) in [5.74, 6) is -0.247. The zero-order valence-electron chi connectivity index (χ0n) is 15.7. The van der Waals surface area contributed by atoms with Gasteiger partial charge in [0.1, 0.15) is 17.6 Å². The van der Waals surface area contributed by atoms with E-state index in [9.17, 15) is 9.59 Å². The van der Waals surface area contributed by atoms with Crippen molar-refractivity contribution in [1.82, 2.24) is 4.90 Å². The van der Waals surface area contributed by atoms with Gasteiger partial charge in [0.15, 0.2) is 0 Å². The van der Waals surface area contributed by atoms with Crippen LogP contribution in [0.2, 0.25) is 0 Å². The predicted octanol–water partition coefficient (Wildman–Crippen LogP) is 3.00. The SMILES string of the molecule is CC(C)(C)OC(=O)[C@@]12COCC[C@@H]1CN(C(=O)OCc1ccccc1)C2. The Bertz CT molecular complexity index is 654. The third-order valence-corrected chi connectivity index (χ3v) is 4.93. The van der Waals surface area contributed by atoms with Crippen LogP contribution in [0.4, 0.5) is 4.79 Å². The summed E-state index contributed by atoms with van der Waals surface area (Å²) in [6.07, 6.45) is 0.341. The summed E-state index contributed by atoms with van der Waals surface area (Å²) in [7, 11) is 0.